The Kier molecular flexibility index (Phi) is 4.21. The fourth-order valence-electron chi connectivity index (χ4n) is 1.16. The van der Waals surface area contributed by atoms with Crippen LogP contribution in [0.15, 0.2) is 24.3 Å². The molecule has 1 aromatic rings. The van der Waals surface area contributed by atoms with Gasteiger partial charge in [-0.1, -0.05) is 12.1 Å². The van der Waals surface area contributed by atoms with Crippen molar-refractivity contribution in [3.05, 3.63) is 35.4 Å². The number of carboxylic acid groups (broad SMARTS) is 2. The van der Waals surface area contributed by atoms with Gasteiger partial charge in [0.25, 0.3) is 0 Å². The lowest BCUT2D eigenvalue weighted by molar-refractivity contribution is -0.137. The van der Waals surface area contributed by atoms with E-state index < -0.39 is 17.9 Å². The Balaban J connectivity index is 2.75. The van der Waals surface area contributed by atoms with Crippen LogP contribution in [0.2, 0.25) is 0 Å². The first-order valence-electron chi connectivity index (χ1n) is 4.73. The van der Waals surface area contributed by atoms with Crippen molar-refractivity contribution in [3.63, 3.8) is 0 Å². The van der Waals surface area contributed by atoms with Gasteiger partial charge in [-0.25, -0.2) is 9.59 Å². The summed E-state index contributed by atoms with van der Waals surface area (Å²) in [6.45, 7) is -0.290. The third kappa shape index (κ3) is 3.60. The lowest BCUT2D eigenvalue weighted by Gasteiger charge is -2.05. The zero-order valence-electron chi connectivity index (χ0n) is 8.75. The Hall–Kier alpha value is -2.37. The average molecular weight is 238 g/mol. The minimum atomic E-state index is -1.24. The summed E-state index contributed by atoms with van der Waals surface area (Å²) in [5, 5.41) is 17.2. The Morgan fingerprint density at radius 1 is 1.06 bits per heavy atom. The van der Waals surface area contributed by atoms with E-state index in [9.17, 15) is 14.4 Å². The number of aliphatic carboxylic acids is 1. The Morgan fingerprint density at radius 3 is 2.18 bits per heavy atom. The van der Waals surface area contributed by atoms with Crippen molar-refractivity contribution in [2.45, 2.75) is 6.42 Å². The molecule has 1 rings (SSSR count). The van der Waals surface area contributed by atoms with Crippen molar-refractivity contribution >= 4 is 17.9 Å². The zero-order valence-corrected chi connectivity index (χ0v) is 8.75. The molecule has 0 bridgehead atoms. The molecule has 0 aliphatic carbocycles. The second-order valence-corrected chi connectivity index (χ2v) is 3.13. The number of rotatable bonds is 5. The van der Waals surface area contributed by atoms with Gasteiger partial charge < -0.3 is 14.9 Å². The highest BCUT2D eigenvalue weighted by Gasteiger charge is 2.16. The minimum absolute atomic E-state index is 0.0922. The molecule has 0 atom stereocenters. The largest absolute Gasteiger partial charge is 0.481 e. The van der Waals surface area contributed by atoms with Crippen molar-refractivity contribution in [2.24, 2.45) is 0 Å². The van der Waals surface area contributed by atoms with E-state index in [1.54, 1.807) is 0 Å². The topological polar surface area (TPSA) is 101 Å². The summed E-state index contributed by atoms with van der Waals surface area (Å²) in [5.74, 6) is -3.18. The number of esters is 1. The van der Waals surface area contributed by atoms with Crippen molar-refractivity contribution in [3.8, 4) is 0 Å². The minimum Gasteiger partial charge on any atom is -0.481 e. The van der Waals surface area contributed by atoms with Gasteiger partial charge in [-0.3, -0.25) is 4.79 Å². The van der Waals surface area contributed by atoms with Crippen LogP contribution in [0, 0.1) is 0 Å². The molecule has 0 radical (unpaired) electrons. The molecule has 0 spiro atoms. The van der Waals surface area contributed by atoms with Crippen LogP contribution in [-0.4, -0.2) is 34.7 Å². The van der Waals surface area contributed by atoms with Crippen molar-refractivity contribution in [2.75, 3.05) is 6.61 Å². The normalized spacial score (nSPS) is 9.65. The molecule has 0 aromatic heterocycles. The van der Waals surface area contributed by atoms with Crippen molar-refractivity contribution in [1.82, 2.24) is 0 Å². The van der Waals surface area contributed by atoms with Crippen LogP contribution in [0.1, 0.15) is 27.1 Å². The summed E-state index contributed by atoms with van der Waals surface area (Å²) >= 11 is 0. The maximum Gasteiger partial charge on any atom is 0.339 e. The number of hydrogen-bond donors (Lipinski definition) is 2. The molecule has 0 fully saturated rings. The van der Waals surface area contributed by atoms with Crippen LogP contribution in [0.25, 0.3) is 0 Å². The Bertz CT molecular complexity index is 451. The maximum absolute atomic E-state index is 11.5. The summed E-state index contributed by atoms with van der Waals surface area (Å²) in [6, 6.07) is 5.57. The second-order valence-electron chi connectivity index (χ2n) is 3.13. The molecule has 17 heavy (non-hydrogen) atoms. The fourth-order valence-corrected chi connectivity index (χ4v) is 1.16. The van der Waals surface area contributed by atoms with Crippen LogP contribution in [0.3, 0.4) is 0 Å². The fraction of sp³-hybridized carbons (Fsp3) is 0.182. The number of carboxylic acids is 2. The van der Waals surface area contributed by atoms with Crippen LogP contribution in [0.4, 0.5) is 0 Å². The Morgan fingerprint density at radius 2 is 1.65 bits per heavy atom. The van der Waals surface area contributed by atoms with Gasteiger partial charge in [-0.2, -0.15) is 0 Å². The second kappa shape index (κ2) is 5.64. The number of aromatic carboxylic acids is 1. The molecule has 90 valence electrons. The summed E-state index contributed by atoms with van der Waals surface area (Å²) in [6.07, 6.45) is -0.318. The molecule has 0 unspecified atom stereocenters. The van der Waals surface area contributed by atoms with Crippen LogP contribution in [-0.2, 0) is 9.53 Å². The third-order valence-corrected chi connectivity index (χ3v) is 1.93. The molecule has 6 nitrogen and oxygen atoms in total. The molecule has 0 aliphatic heterocycles. The van der Waals surface area contributed by atoms with E-state index >= 15 is 0 Å². The van der Waals surface area contributed by atoms with Crippen molar-refractivity contribution < 1.29 is 29.3 Å². The van der Waals surface area contributed by atoms with E-state index in [2.05, 4.69) is 4.74 Å². The number of benzene rings is 1. The average Bonchev–Trinajstić information content (AvgIpc) is 2.28. The first kappa shape index (κ1) is 12.7. The summed E-state index contributed by atoms with van der Waals surface area (Å²) in [5.41, 5.74) is -0.266. The molecular weight excluding hydrogens is 228 g/mol. The molecule has 0 heterocycles. The van der Waals surface area contributed by atoms with Crippen LogP contribution < -0.4 is 0 Å². The predicted octanol–water partition coefficient (Wildman–Crippen LogP) is 1.02. The van der Waals surface area contributed by atoms with E-state index in [4.69, 9.17) is 10.2 Å². The molecule has 2 N–H and O–H groups in total. The molecule has 0 amide bonds. The van der Waals surface area contributed by atoms with Gasteiger partial charge in [0.15, 0.2) is 0 Å². The highest BCUT2D eigenvalue weighted by atomic mass is 16.5. The standard InChI is InChI=1S/C11H10O6/c12-9(13)5-6-17-11(16)8-4-2-1-3-7(8)10(14)15/h1-4H,5-6H2,(H,12,13)(H,14,15). The zero-order chi connectivity index (χ0) is 12.8. The lowest BCUT2D eigenvalue weighted by atomic mass is 10.1. The summed E-state index contributed by atoms with van der Waals surface area (Å²) in [4.78, 5) is 32.5. The first-order valence-corrected chi connectivity index (χ1v) is 4.73. The first-order chi connectivity index (χ1) is 8.02. The van der Waals surface area contributed by atoms with Gasteiger partial charge in [0, 0.05) is 0 Å². The third-order valence-electron chi connectivity index (χ3n) is 1.93. The SMILES string of the molecule is O=C(O)CCOC(=O)c1ccccc1C(=O)O. The van der Waals surface area contributed by atoms with Gasteiger partial charge in [-0.05, 0) is 12.1 Å². The lowest BCUT2D eigenvalue weighted by Crippen LogP contribution is -2.13. The number of carbonyl (C=O) groups excluding carboxylic acids is 1. The van der Waals surface area contributed by atoms with Gasteiger partial charge in [-0.15, -0.1) is 0 Å². The van der Waals surface area contributed by atoms with Gasteiger partial charge in [0.1, 0.15) is 6.61 Å². The smallest absolute Gasteiger partial charge is 0.339 e. The van der Waals surface area contributed by atoms with Gasteiger partial charge in [0.05, 0.1) is 17.5 Å². The van der Waals surface area contributed by atoms with Crippen molar-refractivity contribution in [1.29, 1.82) is 0 Å². The highest BCUT2D eigenvalue weighted by molar-refractivity contribution is 6.02. The summed E-state index contributed by atoms with van der Waals surface area (Å²) < 4.78 is 4.65. The number of hydrogen-bond acceptors (Lipinski definition) is 4. The van der Waals surface area contributed by atoms with Gasteiger partial charge >= 0.3 is 17.9 Å². The Labute approximate surface area is 96.4 Å². The predicted molar refractivity (Wildman–Crippen MR) is 55.9 cm³/mol. The molecule has 0 saturated heterocycles. The monoisotopic (exact) mass is 238 g/mol. The van der Waals surface area contributed by atoms with E-state index in [1.807, 2.05) is 0 Å². The van der Waals surface area contributed by atoms with E-state index in [0.717, 1.165) is 0 Å². The molecule has 6 heteroatoms. The van der Waals surface area contributed by atoms with E-state index in [0.29, 0.717) is 0 Å². The number of ether oxygens (including phenoxy) is 1. The quantitative estimate of drug-likeness (QED) is 0.742. The van der Waals surface area contributed by atoms with E-state index in [1.165, 1.54) is 24.3 Å². The van der Waals surface area contributed by atoms with E-state index in [-0.39, 0.29) is 24.2 Å². The molecular formula is C11H10O6. The number of carbonyl (C=O) groups is 3. The molecule has 0 saturated carbocycles. The molecule has 0 aliphatic rings. The maximum atomic E-state index is 11.5. The van der Waals surface area contributed by atoms with Crippen LogP contribution in [0.5, 0.6) is 0 Å². The van der Waals surface area contributed by atoms with Gasteiger partial charge in [0.2, 0.25) is 0 Å². The highest BCUT2D eigenvalue weighted by Crippen LogP contribution is 2.10. The summed E-state index contributed by atoms with van der Waals surface area (Å²) in [7, 11) is 0. The van der Waals surface area contributed by atoms with Crippen LogP contribution >= 0.6 is 0 Å². The molecule has 1 aromatic carbocycles.